The molecule has 3 aromatic rings. The Bertz CT molecular complexity index is 1300. The number of carbonyl (C=O) groups is 1. The molecule has 35 heavy (non-hydrogen) atoms. The van der Waals surface area contributed by atoms with E-state index >= 15 is 0 Å². The minimum atomic E-state index is -0.813. The van der Waals surface area contributed by atoms with Crippen LogP contribution >= 0.6 is 23.8 Å². The third kappa shape index (κ3) is 4.92. The maximum atomic E-state index is 13.2. The third-order valence-electron chi connectivity index (χ3n) is 5.93. The van der Waals surface area contributed by atoms with E-state index in [1.54, 1.807) is 30.6 Å². The van der Waals surface area contributed by atoms with Crippen LogP contribution in [0.4, 0.5) is 11.4 Å². The van der Waals surface area contributed by atoms with Gasteiger partial charge in [-0.2, -0.15) is 0 Å². The van der Waals surface area contributed by atoms with E-state index in [0.717, 1.165) is 21.6 Å². The molecule has 1 saturated heterocycles. The predicted octanol–water partition coefficient (Wildman–Crippen LogP) is 5.26. The zero-order valence-electron chi connectivity index (χ0n) is 19.3. The number of thiocarbonyl (C=S) groups is 1. The predicted molar refractivity (Wildman–Crippen MR) is 138 cm³/mol. The number of aromatic nitrogens is 1. The van der Waals surface area contributed by atoms with Gasteiger partial charge in [-0.1, -0.05) is 29.8 Å². The molecule has 0 spiro atoms. The first kappa shape index (κ1) is 24.5. The van der Waals surface area contributed by atoms with Gasteiger partial charge in [-0.15, -0.1) is 0 Å². The largest absolute Gasteiger partial charge is 0.494 e. The Hall–Kier alpha value is -3.67. The van der Waals surface area contributed by atoms with Crippen LogP contribution in [0.15, 0.2) is 67.0 Å². The summed E-state index contributed by atoms with van der Waals surface area (Å²) in [5, 5.41) is 10.1. The normalized spacial score (nSPS) is 14.8. The fourth-order valence-electron chi connectivity index (χ4n) is 3.93. The fraction of sp³-hybridized carbons (Fsp3) is 0.231. The number of nitrogens with zero attached hydrogens (tertiary/aromatic N) is 4. The lowest BCUT2D eigenvalue weighted by molar-refractivity contribution is -0.904. The zero-order chi connectivity index (χ0) is 25.2. The number of hydrogen-bond acceptors (Lipinski definition) is 4. The van der Waals surface area contributed by atoms with Crippen molar-refractivity contribution in [1.82, 2.24) is 4.90 Å². The molecule has 0 bridgehead atoms. The first-order chi connectivity index (χ1) is 16.7. The second kappa shape index (κ2) is 9.90. The summed E-state index contributed by atoms with van der Waals surface area (Å²) in [7, 11) is 0. The van der Waals surface area contributed by atoms with Crippen molar-refractivity contribution < 1.29 is 19.5 Å². The fourth-order valence-corrected chi connectivity index (χ4v) is 4.66. The summed E-state index contributed by atoms with van der Waals surface area (Å²) in [6.07, 6.45) is 3.82. The van der Waals surface area contributed by atoms with Gasteiger partial charge in [-0.25, -0.2) is 4.85 Å². The van der Waals surface area contributed by atoms with Crippen molar-refractivity contribution in [2.75, 3.05) is 18.1 Å². The molecule has 1 aromatic heterocycles. The molecule has 1 aliphatic heterocycles. The maximum absolute atomic E-state index is 13.2. The number of halogens is 1. The average molecular weight is 508 g/mol. The van der Waals surface area contributed by atoms with E-state index in [2.05, 4.69) is 4.85 Å². The molecule has 1 aliphatic rings. The molecule has 0 unspecified atom stereocenters. The number of ether oxygens (including phenoxy) is 1. The summed E-state index contributed by atoms with van der Waals surface area (Å²) in [5.41, 5.74) is 2.08. The molecule has 1 amide bonds. The molecule has 0 radical (unpaired) electrons. The van der Waals surface area contributed by atoms with E-state index in [1.165, 1.54) is 4.90 Å². The Labute approximate surface area is 214 Å². The Morgan fingerprint density at radius 3 is 2.40 bits per heavy atom. The number of rotatable bonds is 7. The van der Waals surface area contributed by atoms with E-state index < -0.39 is 5.54 Å². The number of pyridine rings is 1. The lowest BCUT2D eigenvalue weighted by atomic mass is 10.0. The molecular formula is C26H24ClN4O3S+. The van der Waals surface area contributed by atoms with E-state index in [9.17, 15) is 10.0 Å². The summed E-state index contributed by atoms with van der Waals surface area (Å²) in [6.45, 7) is 11.9. The van der Waals surface area contributed by atoms with Crippen LogP contribution in [-0.4, -0.2) is 39.8 Å². The van der Waals surface area contributed by atoms with Gasteiger partial charge < -0.3 is 9.64 Å². The minimum absolute atomic E-state index is 0.140. The van der Waals surface area contributed by atoms with Gasteiger partial charge in [0.1, 0.15) is 11.3 Å². The van der Waals surface area contributed by atoms with Crippen LogP contribution in [0, 0.1) is 6.57 Å². The van der Waals surface area contributed by atoms with E-state index in [4.69, 9.17) is 35.1 Å². The second-order valence-corrected chi connectivity index (χ2v) is 9.35. The molecule has 0 saturated carbocycles. The van der Waals surface area contributed by atoms with Gasteiger partial charge >= 0.3 is 0 Å². The van der Waals surface area contributed by atoms with Crippen molar-refractivity contribution in [3.63, 3.8) is 0 Å². The Balaban J connectivity index is 1.36. The first-order valence-electron chi connectivity index (χ1n) is 11.0. The standard InChI is InChI=1S/C26H24ClN4O3S/c1-26(2)24(32)31(20-7-10-23(28-3)22(27)17-20)25(35)30(26)13-4-16-34-21-8-5-18(6-9-21)19-11-14-29(33)15-12-19/h5-12,14-15,17,33H,4,13,16H2,1-2H3/q+1. The smallest absolute Gasteiger partial charge is 0.258 e. The highest BCUT2D eigenvalue weighted by atomic mass is 35.5. The van der Waals surface area contributed by atoms with Crippen molar-refractivity contribution >= 4 is 46.2 Å². The molecule has 0 atom stereocenters. The number of anilines is 1. The lowest BCUT2D eigenvalue weighted by Gasteiger charge is -2.29. The minimum Gasteiger partial charge on any atom is -0.494 e. The lowest BCUT2D eigenvalue weighted by Crippen LogP contribution is -2.44. The number of hydrogen-bond donors (Lipinski definition) is 1. The summed E-state index contributed by atoms with van der Waals surface area (Å²) in [6, 6.07) is 16.3. The van der Waals surface area contributed by atoms with Crippen LogP contribution in [0.5, 0.6) is 5.75 Å². The monoisotopic (exact) mass is 507 g/mol. The van der Waals surface area contributed by atoms with Gasteiger partial charge in [-0.3, -0.25) is 14.9 Å². The highest BCUT2D eigenvalue weighted by molar-refractivity contribution is 7.80. The highest BCUT2D eigenvalue weighted by Gasteiger charge is 2.49. The van der Waals surface area contributed by atoms with Gasteiger partial charge in [0.25, 0.3) is 5.91 Å². The van der Waals surface area contributed by atoms with Gasteiger partial charge in [-0.05, 0) is 67.9 Å². The van der Waals surface area contributed by atoms with Crippen LogP contribution in [-0.2, 0) is 4.79 Å². The van der Waals surface area contributed by atoms with Crippen LogP contribution in [0.3, 0.4) is 0 Å². The van der Waals surface area contributed by atoms with Crippen molar-refractivity contribution in [3.05, 3.63) is 83.4 Å². The van der Waals surface area contributed by atoms with Crippen molar-refractivity contribution in [2.24, 2.45) is 0 Å². The topological polar surface area (TPSA) is 61.2 Å². The van der Waals surface area contributed by atoms with Gasteiger partial charge in [0, 0.05) is 28.4 Å². The Morgan fingerprint density at radius 1 is 1.11 bits per heavy atom. The quantitative estimate of drug-likeness (QED) is 0.155. The Kier molecular flexibility index (Phi) is 6.92. The average Bonchev–Trinajstić information content (AvgIpc) is 3.01. The summed E-state index contributed by atoms with van der Waals surface area (Å²) >= 11 is 11.8. The molecule has 178 valence electrons. The first-order valence-corrected chi connectivity index (χ1v) is 11.8. The zero-order valence-corrected chi connectivity index (χ0v) is 20.9. The molecular weight excluding hydrogens is 484 g/mol. The number of amides is 1. The van der Waals surface area contributed by atoms with Gasteiger partial charge in [0.05, 0.1) is 18.9 Å². The van der Waals surface area contributed by atoms with E-state index in [0.29, 0.717) is 36.1 Å². The van der Waals surface area contributed by atoms with Gasteiger partial charge in [0.15, 0.2) is 5.11 Å². The maximum Gasteiger partial charge on any atom is 0.258 e. The second-order valence-electron chi connectivity index (χ2n) is 8.57. The number of carbonyl (C=O) groups excluding carboxylic acids is 1. The summed E-state index contributed by atoms with van der Waals surface area (Å²) in [4.78, 5) is 19.9. The van der Waals surface area contributed by atoms with Gasteiger partial charge in [0.2, 0.25) is 18.1 Å². The molecule has 2 heterocycles. The summed E-state index contributed by atoms with van der Waals surface area (Å²) in [5.74, 6) is 0.607. The SMILES string of the molecule is [C-]#[N+]c1ccc(N2C(=O)C(C)(C)N(CCCOc3ccc(-c4cc[n+](O)cc4)cc3)C2=S)cc1Cl. The van der Waals surface area contributed by atoms with Crippen molar-refractivity contribution in [3.8, 4) is 16.9 Å². The molecule has 1 N–H and O–H groups in total. The molecule has 0 aliphatic carbocycles. The van der Waals surface area contributed by atoms with Crippen LogP contribution in [0.1, 0.15) is 20.3 Å². The molecule has 1 fully saturated rings. The summed E-state index contributed by atoms with van der Waals surface area (Å²) < 4.78 is 6.90. The van der Waals surface area contributed by atoms with E-state index in [-0.39, 0.29) is 10.9 Å². The van der Waals surface area contributed by atoms with Crippen LogP contribution in [0.2, 0.25) is 5.02 Å². The highest BCUT2D eigenvalue weighted by Crippen LogP contribution is 2.36. The third-order valence-corrected chi connectivity index (χ3v) is 6.64. The van der Waals surface area contributed by atoms with Crippen LogP contribution in [0.25, 0.3) is 16.0 Å². The van der Waals surface area contributed by atoms with Crippen molar-refractivity contribution in [2.45, 2.75) is 25.8 Å². The number of benzene rings is 2. The van der Waals surface area contributed by atoms with Crippen molar-refractivity contribution in [1.29, 1.82) is 0 Å². The molecule has 7 nitrogen and oxygen atoms in total. The molecule has 9 heteroatoms. The molecule has 4 rings (SSSR count). The van der Waals surface area contributed by atoms with Crippen LogP contribution < -0.4 is 14.4 Å². The Morgan fingerprint density at radius 2 is 1.77 bits per heavy atom. The molecule has 2 aromatic carbocycles. The van der Waals surface area contributed by atoms with E-state index in [1.807, 2.05) is 55.1 Å².